The number of benzene rings is 1. The Bertz CT molecular complexity index is 537. The van der Waals surface area contributed by atoms with Crippen molar-refractivity contribution in [3.8, 4) is 11.3 Å². The van der Waals surface area contributed by atoms with Gasteiger partial charge in [0.1, 0.15) is 11.6 Å². The van der Waals surface area contributed by atoms with Gasteiger partial charge in [0.2, 0.25) is 0 Å². The van der Waals surface area contributed by atoms with Crippen LogP contribution < -0.4 is 5.73 Å². The van der Waals surface area contributed by atoms with Gasteiger partial charge in [0, 0.05) is 11.6 Å². The van der Waals surface area contributed by atoms with Gasteiger partial charge in [-0.3, -0.25) is 0 Å². The van der Waals surface area contributed by atoms with Gasteiger partial charge in [-0.05, 0) is 30.7 Å². The van der Waals surface area contributed by atoms with E-state index in [0.717, 1.165) is 11.1 Å². The van der Waals surface area contributed by atoms with E-state index >= 15 is 0 Å². The second-order valence-electron chi connectivity index (χ2n) is 3.86. The second-order valence-corrected chi connectivity index (χ2v) is 3.86. The lowest BCUT2D eigenvalue weighted by Gasteiger charge is -2.02. The number of aliphatic hydroxyl groups is 1. The molecule has 0 aliphatic heterocycles. The predicted molar refractivity (Wildman–Crippen MR) is 63.9 cm³/mol. The molecule has 1 aromatic carbocycles. The van der Waals surface area contributed by atoms with Crippen molar-refractivity contribution in [3.05, 3.63) is 35.6 Å². The Labute approximate surface area is 98.5 Å². The van der Waals surface area contributed by atoms with Crippen LogP contribution in [0, 0.1) is 12.7 Å². The molecular formula is C12H14FN3O. The Morgan fingerprint density at radius 2 is 2.18 bits per heavy atom. The third-order valence-electron chi connectivity index (χ3n) is 2.59. The maximum atomic E-state index is 13.0. The summed E-state index contributed by atoms with van der Waals surface area (Å²) in [5.41, 5.74) is 8.10. The van der Waals surface area contributed by atoms with E-state index in [1.165, 1.54) is 16.8 Å². The first-order chi connectivity index (χ1) is 8.11. The predicted octanol–water partition coefficient (Wildman–Crippen LogP) is 1.57. The number of nitrogen functional groups attached to an aromatic ring is 1. The summed E-state index contributed by atoms with van der Waals surface area (Å²) in [7, 11) is 0. The highest BCUT2D eigenvalue weighted by Crippen LogP contribution is 2.24. The van der Waals surface area contributed by atoms with Crippen molar-refractivity contribution in [2.24, 2.45) is 0 Å². The highest BCUT2D eigenvalue weighted by Gasteiger charge is 2.09. The first-order valence-electron chi connectivity index (χ1n) is 5.32. The van der Waals surface area contributed by atoms with Crippen LogP contribution in [-0.2, 0) is 6.54 Å². The topological polar surface area (TPSA) is 64.1 Å². The van der Waals surface area contributed by atoms with E-state index in [9.17, 15) is 4.39 Å². The van der Waals surface area contributed by atoms with Crippen LogP contribution in [0.2, 0.25) is 0 Å². The maximum absolute atomic E-state index is 13.0. The quantitative estimate of drug-likeness (QED) is 0.848. The molecule has 0 amide bonds. The Balaban J connectivity index is 2.42. The molecule has 2 aromatic rings. The molecule has 0 aliphatic rings. The normalized spacial score (nSPS) is 10.8. The Hall–Kier alpha value is -1.88. The van der Waals surface area contributed by atoms with Gasteiger partial charge in [-0.2, -0.15) is 5.10 Å². The summed E-state index contributed by atoms with van der Waals surface area (Å²) in [6, 6.07) is 6.24. The number of aliphatic hydroxyl groups excluding tert-OH is 1. The second kappa shape index (κ2) is 4.55. The number of hydrogen-bond acceptors (Lipinski definition) is 3. The number of halogens is 1. The number of nitrogens with two attached hydrogens (primary N) is 1. The van der Waals surface area contributed by atoms with E-state index in [4.69, 9.17) is 10.8 Å². The van der Waals surface area contributed by atoms with Crippen LogP contribution in [0.25, 0.3) is 11.3 Å². The van der Waals surface area contributed by atoms with Crippen LogP contribution in [0.1, 0.15) is 5.56 Å². The van der Waals surface area contributed by atoms with Crippen LogP contribution in [-0.4, -0.2) is 21.5 Å². The summed E-state index contributed by atoms with van der Waals surface area (Å²) >= 11 is 0. The summed E-state index contributed by atoms with van der Waals surface area (Å²) < 4.78 is 14.5. The summed E-state index contributed by atoms with van der Waals surface area (Å²) in [6.45, 7) is 2.15. The van der Waals surface area contributed by atoms with Gasteiger partial charge in [0.25, 0.3) is 0 Å². The minimum absolute atomic E-state index is 0.0201. The minimum Gasteiger partial charge on any atom is -0.394 e. The van der Waals surface area contributed by atoms with E-state index in [1.54, 1.807) is 12.1 Å². The molecule has 0 spiro atoms. The molecule has 0 fully saturated rings. The Morgan fingerprint density at radius 3 is 2.82 bits per heavy atom. The molecule has 0 bridgehead atoms. The van der Waals surface area contributed by atoms with E-state index in [1.807, 2.05) is 6.92 Å². The highest BCUT2D eigenvalue weighted by molar-refractivity contribution is 5.65. The van der Waals surface area contributed by atoms with Gasteiger partial charge in [-0.15, -0.1) is 0 Å². The van der Waals surface area contributed by atoms with Gasteiger partial charge >= 0.3 is 0 Å². The van der Waals surface area contributed by atoms with E-state index in [0.29, 0.717) is 18.1 Å². The van der Waals surface area contributed by atoms with Crippen LogP contribution in [0.4, 0.5) is 10.2 Å². The first kappa shape index (κ1) is 11.6. The third kappa shape index (κ3) is 2.29. The number of anilines is 1. The molecule has 4 nitrogen and oxygen atoms in total. The van der Waals surface area contributed by atoms with E-state index < -0.39 is 0 Å². The van der Waals surface area contributed by atoms with Gasteiger partial charge in [-0.1, -0.05) is 0 Å². The third-order valence-corrected chi connectivity index (χ3v) is 2.59. The summed E-state index contributed by atoms with van der Waals surface area (Å²) in [5.74, 6) is 0.215. The molecule has 0 atom stereocenters. The zero-order valence-electron chi connectivity index (χ0n) is 9.52. The van der Waals surface area contributed by atoms with Crippen molar-refractivity contribution in [1.29, 1.82) is 0 Å². The molecule has 3 N–H and O–H groups in total. The first-order valence-corrected chi connectivity index (χ1v) is 5.32. The largest absolute Gasteiger partial charge is 0.394 e. The average molecular weight is 235 g/mol. The van der Waals surface area contributed by atoms with Crippen molar-refractivity contribution < 1.29 is 9.50 Å². The molecule has 90 valence electrons. The van der Waals surface area contributed by atoms with Gasteiger partial charge in [-0.25, -0.2) is 9.07 Å². The molecule has 2 rings (SSSR count). The van der Waals surface area contributed by atoms with Crippen molar-refractivity contribution in [3.63, 3.8) is 0 Å². The number of hydrogen-bond donors (Lipinski definition) is 2. The maximum Gasteiger partial charge on any atom is 0.123 e. The lowest BCUT2D eigenvalue weighted by molar-refractivity contribution is 0.270. The molecule has 0 unspecified atom stereocenters. The summed E-state index contributed by atoms with van der Waals surface area (Å²) in [5, 5.41) is 13.1. The lowest BCUT2D eigenvalue weighted by Crippen LogP contribution is -2.07. The molecular weight excluding hydrogens is 221 g/mol. The zero-order chi connectivity index (χ0) is 12.4. The van der Waals surface area contributed by atoms with Crippen molar-refractivity contribution >= 4 is 5.82 Å². The average Bonchev–Trinajstić information content (AvgIpc) is 2.60. The molecule has 0 radical (unpaired) electrons. The summed E-state index contributed by atoms with van der Waals surface area (Å²) in [4.78, 5) is 0. The zero-order valence-corrected chi connectivity index (χ0v) is 9.52. The van der Waals surface area contributed by atoms with Gasteiger partial charge in [0.15, 0.2) is 0 Å². The molecule has 5 heteroatoms. The monoisotopic (exact) mass is 235 g/mol. The number of nitrogens with zero attached hydrogens (tertiary/aromatic N) is 2. The van der Waals surface area contributed by atoms with Crippen LogP contribution >= 0.6 is 0 Å². The lowest BCUT2D eigenvalue weighted by atomic mass is 10.1. The fraction of sp³-hybridized carbons (Fsp3) is 0.250. The number of rotatable bonds is 3. The SMILES string of the molecule is Cc1cc(F)ccc1-c1cc(N)n(CCO)n1. The molecule has 0 saturated heterocycles. The Kier molecular flexibility index (Phi) is 3.10. The van der Waals surface area contributed by atoms with E-state index in [-0.39, 0.29) is 12.4 Å². The smallest absolute Gasteiger partial charge is 0.123 e. The fourth-order valence-electron chi connectivity index (χ4n) is 1.75. The van der Waals surface area contributed by atoms with E-state index in [2.05, 4.69) is 5.10 Å². The summed E-state index contributed by atoms with van der Waals surface area (Å²) in [6.07, 6.45) is 0. The van der Waals surface area contributed by atoms with Crippen LogP contribution in [0.5, 0.6) is 0 Å². The van der Waals surface area contributed by atoms with Crippen LogP contribution in [0.15, 0.2) is 24.3 Å². The van der Waals surface area contributed by atoms with Gasteiger partial charge in [0.05, 0.1) is 18.8 Å². The number of aromatic nitrogens is 2. The highest BCUT2D eigenvalue weighted by atomic mass is 19.1. The fourth-order valence-corrected chi connectivity index (χ4v) is 1.75. The Morgan fingerprint density at radius 1 is 1.41 bits per heavy atom. The standard InChI is InChI=1S/C12H14FN3O/c1-8-6-9(13)2-3-10(8)11-7-12(14)16(15-11)4-5-17/h2-3,6-7,17H,4-5,14H2,1H3. The van der Waals surface area contributed by atoms with Crippen LogP contribution in [0.3, 0.4) is 0 Å². The molecule has 0 aliphatic carbocycles. The molecule has 0 saturated carbocycles. The minimum atomic E-state index is -0.269. The molecule has 1 aromatic heterocycles. The molecule has 1 heterocycles. The van der Waals surface area contributed by atoms with Gasteiger partial charge < -0.3 is 10.8 Å². The van der Waals surface area contributed by atoms with Crippen molar-refractivity contribution in [1.82, 2.24) is 9.78 Å². The van der Waals surface area contributed by atoms with Crippen molar-refractivity contribution in [2.45, 2.75) is 13.5 Å². The van der Waals surface area contributed by atoms with Crippen molar-refractivity contribution in [2.75, 3.05) is 12.3 Å². The number of aryl methyl sites for hydroxylation is 1. The molecule has 17 heavy (non-hydrogen) atoms.